The Hall–Kier alpha value is -1.13. The normalized spacial score (nSPS) is 10.3. The van der Waals surface area contributed by atoms with Crippen LogP contribution in [-0.2, 0) is 4.79 Å². The van der Waals surface area contributed by atoms with Crippen molar-refractivity contribution in [3.8, 4) is 5.75 Å². The first-order chi connectivity index (χ1) is 9.97. The molecule has 1 amide bonds. The maximum atomic E-state index is 11.8. The highest BCUT2D eigenvalue weighted by Gasteiger charge is 2.11. The molecule has 2 aromatic rings. The molecule has 0 unspecified atom stereocenters. The van der Waals surface area contributed by atoms with Crippen LogP contribution in [-0.4, -0.2) is 12.5 Å². The molecule has 0 atom stereocenters. The van der Waals surface area contributed by atoms with Crippen LogP contribution in [0.1, 0.15) is 0 Å². The highest BCUT2D eigenvalue weighted by Crippen LogP contribution is 2.32. The fourth-order valence-electron chi connectivity index (χ4n) is 1.54. The summed E-state index contributed by atoms with van der Waals surface area (Å²) in [7, 11) is 0. The number of nitrogens with one attached hydrogen (secondary N) is 1. The third kappa shape index (κ3) is 4.42. The average Bonchev–Trinajstić information content (AvgIpc) is 2.42. The van der Waals surface area contributed by atoms with Crippen LogP contribution in [0, 0.1) is 0 Å². The maximum absolute atomic E-state index is 11.8. The second kappa shape index (κ2) is 7.23. The molecule has 0 aliphatic carbocycles. The van der Waals surface area contributed by atoms with Crippen LogP contribution in [0.5, 0.6) is 5.75 Å². The van der Waals surface area contributed by atoms with Crippen molar-refractivity contribution < 1.29 is 9.53 Å². The summed E-state index contributed by atoms with van der Waals surface area (Å²) in [6.45, 7) is -0.258. The van der Waals surface area contributed by atoms with Crippen LogP contribution in [0.4, 0.5) is 5.69 Å². The molecule has 7 heteroatoms. The molecule has 0 fully saturated rings. The predicted octanol–water partition coefficient (Wildman–Crippen LogP) is 5.32. The highest BCUT2D eigenvalue weighted by molar-refractivity contribution is 6.37. The van der Waals surface area contributed by atoms with E-state index in [0.717, 1.165) is 0 Å². The fourth-order valence-corrected chi connectivity index (χ4v) is 2.38. The van der Waals surface area contributed by atoms with Crippen LogP contribution in [0.15, 0.2) is 36.4 Å². The number of para-hydroxylation sites is 1. The van der Waals surface area contributed by atoms with Crippen molar-refractivity contribution >= 4 is 58.0 Å². The molecule has 0 saturated heterocycles. The molecule has 2 rings (SSSR count). The zero-order chi connectivity index (χ0) is 15.4. The molecule has 0 spiro atoms. The molecule has 0 aliphatic heterocycles. The molecule has 0 aromatic heterocycles. The van der Waals surface area contributed by atoms with Crippen LogP contribution in [0.25, 0.3) is 0 Å². The quantitative estimate of drug-likeness (QED) is 0.797. The number of anilines is 1. The Morgan fingerprint density at radius 1 is 1.00 bits per heavy atom. The minimum Gasteiger partial charge on any atom is -0.481 e. The van der Waals surface area contributed by atoms with E-state index in [9.17, 15) is 4.79 Å². The number of rotatable bonds is 4. The van der Waals surface area contributed by atoms with Gasteiger partial charge in [0.2, 0.25) is 0 Å². The molecule has 0 aliphatic rings. The van der Waals surface area contributed by atoms with Crippen molar-refractivity contribution in [1.29, 1.82) is 0 Å². The van der Waals surface area contributed by atoms with Gasteiger partial charge in [-0.2, -0.15) is 0 Å². The summed E-state index contributed by atoms with van der Waals surface area (Å²) in [6, 6.07) is 9.68. The van der Waals surface area contributed by atoms with Crippen molar-refractivity contribution in [2.24, 2.45) is 0 Å². The number of ether oxygens (including phenoxy) is 1. The fraction of sp³-hybridized carbons (Fsp3) is 0.0714. The lowest BCUT2D eigenvalue weighted by molar-refractivity contribution is -0.118. The topological polar surface area (TPSA) is 38.3 Å². The molecule has 3 nitrogen and oxygen atoms in total. The van der Waals surface area contributed by atoms with Gasteiger partial charge in [-0.05, 0) is 30.3 Å². The largest absolute Gasteiger partial charge is 0.481 e. The van der Waals surface area contributed by atoms with Crippen LogP contribution in [0.3, 0.4) is 0 Å². The lowest BCUT2D eigenvalue weighted by Crippen LogP contribution is -2.20. The average molecular weight is 365 g/mol. The lowest BCUT2D eigenvalue weighted by Gasteiger charge is -2.11. The number of halogens is 4. The Morgan fingerprint density at radius 2 is 1.67 bits per heavy atom. The SMILES string of the molecule is O=C(COc1c(Cl)cccc1Cl)Nc1cc(Cl)ccc1Cl. The summed E-state index contributed by atoms with van der Waals surface area (Å²) >= 11 is 23.7. The number of carbonyl (C=O) groups excluding carboxylic acids is 1. The molecular weight excluding hydrogens is 356 g/mol. The van der Waals surface area contributed by atoms with E-state index < -0.39 is 5.91 Å². The Morgan fingerprint density at radius 3 is 2.33 bits per heavy atom. The number of benzene rings is 2. The second-order valence-electron chi connectivity index (χ2n) is 4.01. The van der Waals surface area contributed by atoms with Crippen molar-refractivity contribution in [2.75, 3.05) is 11.9 Å². The van der Waals surface area contributed by atoms with Crippen molar-refractivity contribution in [2.45, 2.75) is 0 Å². The number of amides is 1. The van der Waals surface area contributed by atoms with E-state index in [-0.39, 0.29) is 12.4 Å². The number of hydrogen-bond acceptors (Lipinski definition) is 2. The van der Waals surface area contributed by atoms with Gasteiger partial charge in [-0.1, -0.05) is 52.5 Å². The van der Waals surface area contributed by atoms with E-state index in [4.69, 9.17) is 51.1 Å². The van der Waals surface area contributed by atoms with Gasteiger partial charge in [0.15, 0.2) is 12.4 Å². The van der Waals surface area contributed by atoms with Gasteiger partial charge < -0.3 is 10.1 Å². The van der Waals surface area contributed by atoms with E-state index in [0.29, 0.717) is 25.8 Å². The zero-order valence-corrected chi connectivity index (χ0v) is 13.5. The first-order valence-corrected chi connectivity index (χ1v) is 7.30. The molecular formula is C14H9Cl4NO2. The maximum Gasteiger partial charge on any atom is 0.262 e. The molecule has 1 N–H and O–H groups in total. The van der Waals surface area contributed by atoms with E-state index in [1.54, 1.807) is 36.4 Å². The Balaban J connectivity index is 2.01. The summed E-state index contributed by atoms with van der Waals surface area (Å²) < 4.78 is 5.32. The van der Waals surface area contributed by atoms with Crippen molar-refractivity contribution in [3.63, 3.8) is 0 Å². The molecule has 21 heavy (non-hydrogen) atoms. The van der Waals surface area contributed by atoms with Gasteiger partial charge in [0.1, 0.15) is 0 Å². The minimum atomic E-state index is -0.407. The third-order valence-electron chi connectivity index (χ3n) is 2.47. The first kappa shape index (κ1) is 16.2. The van der Waals surface area contributed by atoms with Gasteiger partial charge in [0.05, 0.1) is 20.8 Å². The van der Waals surface area contributed by atoms with Crippen LogP contribution < -0.4 is 10.1 Å². The van der Waals surface area contributed by atoms with Gasteiger partial charge in [-0.15, -0.1) is 0 Å². The molecule has 2 aromatic carbocycles. The highest BCUT2D eigenvalue weighted by atomic mass is 35.5. The number of carbonyl (C=O) groups is 1. The second-order valence-corrected chi connectivity index (χ2v) is 5.67. The van der Waals surface area contributed by atoms with Gasteiger partial charge in [0.25, 0.3) is 5.91 Å². The molecule has 110 valence electrons. The minimum absolute atomic E-state index is 0.258. The van der Waals surface area contributed by atoms with Gasteiger partial charge >= 0.3 is 0 Å². The zero-order valence-electron chi connectivity index (χ0n) is 10.5. The summed E-state index contributed by atoms with van der Waals surface area (Å²) in [6.07, 6.45) is 0. The monoisotopic (exact) mass is 363 g/mol. The van der Waals surface area contributed by atoms with Crippen LogP contribution in [0.2, 0.25) is 20.1 Å². The number of hydrogen-bond donors (Lipinski definition) is 1. The van der Waals surface area contributed by atoms with Crippen molar-refractivity contribution in [1.82, 2.24) is 0 Å². The van der Waals surface area contributed by atoms with E-state index in [2.05, 4.69) is 5.32 Å². The van der Waals surface area contributed by atoms with Crippen molar-refractivity contribution in [3.05, 3.63) is 56.5 Å². The van der Waals surface area contributed by atoms with Gasteiger partial charge in [-0.3, -0.25) is 4.79 Å². The van der Waals surface area contributed by atoms with E-state index >= 15 is 0 Å². The Labute approximate surface area is 141 Å². The summed E-state index contributed by atoms with van der Waals surface area (Å²) in [5.41, 5.74) is 0.406. The molecule has 0 bridgehead atoms. The summed E-state index contributed by atoms with van der Waals surface area (Å²) in [5, 5.41) is 4.09. The standard InChI is InChI=1S/C14H9Cl4NO2/c15-8-4-5-9(16)12(6-8)19-13(20)7-21-14-10(17)2-1-3-11(14)18/h1-6H,7H2,(H,19,20). The Bertz CT molecular complexity index is 656. The van der Waals surface area contributed by atoms with Crippen LogP contribution >= 0.6 is 46.4 Å². The van der Waals surface area contributed by atoms with Gasteiger partial charge in [0, 0.05) is 5.02 Å². The lowest BCUT2D eigenvalue weighted by atomic mass is 10.3. The van der Waals surface area contributed by atoms with Gasteiger partial charge in [-0.25, -0.2) is 0 Å². The molecule has 0 heterocycles. The smallest absolute Gasteiger partial charge is 0.262 e. The Kier molecular flexibility index (Phi) is 5.59. The van der Waals surface area contributed by atoms with E-state index in [1.807, 2.05) is 0 Å². The summed E-state index contributed by atoms with van der Waals surface area (Å²) in [4.78, 5) is 11.8. The predicted molar refractivity (Wildman–Crippen MR) is 87.0 cm³/mol. The molecule has 0 radical (unpaired) electrons. The first-order valence-electron chi connectivity index (χ1n) is 5.79. The van der Waals surface area contributed by atoms with E-state index in [1.165, 1.54) is 0 Å². The summed E-state index contributed by atoms with van der Waals surface area (Å²) in [5.74, 6) is -0.150. The third-order valence-corrected chi connectivity index (χ3v) is 3.63. The molecule has 0 saturated carbocycles.